The number of hydrogen-bond donors (Lipinski definition) is 1. The number of alkyl halides is 3. The molecule has 8 heteroatoms. The summed E-state index contributed by atoms with van der Waals surface area (Å²) in [7, 11) is 0. The van der Waals surface area contributed by atoms with E-state index in [0.29, 0.717) is 13.1 Å². The molecule has 0 aromatic carbocycles. The molecule has 1 aliphatic heterocycles. The number of rotatable bonds is 3. The summed E-state index contributed by atoms with van der Waals surface area (Å²) in [5, 5.41) is 2.94. The number of carbonyl (C=O) groups is 1. The van der Waals surface area contributed by atoms with E-state index in [2.05, 4.69) is 15.3 Å². The first-order valence-corrected chi connectivity index (χ1v) is 7.39. The van der Waals surface area contributed by atoms with Crippen molar-refractivity contribution in [3.05, 3.63) is 18.0 Å². The minimum atomic E-state index is -4.49. The number of nitrogens with one attached hydrogen (secondary N) is 1. The molecule has 1 aromatic rings. The van der Waals surface area contributed by atoms with Crippen LogP contribution in [0.2, 0.25) is 0 Å². The summed E-state index contributed by atoms with van der Waals surface area (Å²) < 4.78 is 38.2. The molecular formula is C14H17F3N4O. The van der Waals surface area contributed by atoms with Crippen molar-refractivity contribution < 1.29 is 18.0 Å². The molecule has 1 amide bonds. The number of anilines is 1. The molecule has 0 radical (unpaired) electrons. The van der Waals surface area contributed by atoms with E-state index < -0.39 is 11.9 Å². The molecule has 1 N–H and O–H groups in total. The predicted molar refractivity (Wildman–Crippen MR) is 73.1 cm³/mol. The number of carbonyl (C=O) groups excluding carboxylic acids is 1. The quantitative estimate of drug-likeness (QED) is 0.927. The van der Waals surface area contributed by atoms with Gasteiger partial charge in [0.25, 0.3) is 0 Å². The highest BCUT2D eigenvalue weighted by Gasteiger charge is 2.35. The average molecular weight is 314 g/mol. The fourth-order valence-corrected chi connectivity index (χ4v) is 2.58. The van der Waals surface area contributed by atoms with Crippen LogP contribution in [0, 0.1) is 5.92 Å². The van der Waals surface area contributed by atoms with Crippen LogP contribution in [0.15, 0.2) is 12.3 Å². The molecule has 1 aromatic heterocycles. The summed E-state index contributed by atoms with van der Waals surface area (Å²) in [5.74, 6) is -0.189. The van der Waals surface area contributed by atoms with Gasteiger partial charge in [0, 0.05) is 25.3 Å². The van der Waals surface area contributed by atoms with Gasteiger partial charge in [-0.3, -0.25) is 4.79 Å². The molecule has 1 unspecified atom stereocenters. The zero-order valence-corrected chi connectivity index (χ0v) is 11.9. The predicted octanol–water partition coefficient (Wildman–Crippen LogP) is 1.99. The Balaban J connectivity index is 1.70. The van der Waals surface area contributed by atoms with E-state index in [1.807, 2.05) is 0 Å². The van der Waals surface area contributed by atoms with Crippen LogP contribution in [-0.2, 0) is 11.0 Å². The highest BCUT2D eigenvalue weighted by atomic mass is 19.4. The summed E-state index contributed by atoms with van der Waals surface area (Å²) in [6.07, 6.45) is 0.128. The minimum Gasteiger partial charge on any atom is -0.353 e. The van der Waals surface area contributed by atoms with E-state index in [1.54, 1.807) is 4.90 Å². The third-order valence-corrected chi connectivity index (χ3v) is 3.93. The molecule has 2 fully saturated rings. The normalized spacial score (nSPS) is 22.5. The fourth-order valence-electron chi connectivity index (χ4n) is 2.58. The van der Waals surface area contributed by atoms with E-state index in [-0.39, 0.29) is 23.8 Å². The monoisotopic (exact) mass is 314 g/mol. The maximum atomic E-state index is 12.7. The van der Waals surface area contributed by atoms with Crippen molar-refractivity contribution >= 4 is 11.9 Å². The molecule has 3 rings (SSSR count). The van der Waals surface area contributed by atoms with Gasteiger partial charge in [0.2, 0.25) is 11.9 Å². The van der Waals surface area contributed by atoms with Gasteiger partial charge in [0.05, 0.1) is 5.92 Å². The zero-order valence-electron chi connectivity index (χ0n) is 11.9. The molecule has 120 valence electrons. The van der Waals surface area contributed by atoms with Crippen LogP contribution in [0.3, 0.4) is 0 Å². The molecule has 0 spiro atoms. The number of aromatic nitrogens is 2. The summed E-state index contributed by atoms with van der Waals surface area (Å²) in [5.41, 5.74) is -0.956. The number of halogens is 3. The third kappa shape index (κ3) is 3.48. The largest absolute Gasteiger partial charge is 0.433 e. The lowest BCUT2D eigenvalue weighted by Gasteiger charge is -2.32. The van der Waals surface area contributed by atoms with Crippen LogP contribution >= 0.6 is 0 Å². The fraction of sp³-hybridized carbons (Fsp3) is 0.643. The lowest BCUT2D eigenvalue weighted by atomic mass is 9.97. The molecule has 1 aliphatic carbocycles. The Kier molecular flexibility index (Phi) is 3.92. The minimum absolute atomic E-state index is 0.0147. The molecule has 2 heterocycles. The second kappa shape index (κ2) is 5.73. The molecule has 5 nitrogen and oxygen atoms in total. The molecule has 2 aliphatic rings. The lowest BCUT2D eigenvalue weighted by Crippen LogP contribution is -2.44. The van der Waals surface area contributed by atoms with E-state index in [9.17, 15) is 18.0 Å². The second-order valence-corrected chi connectivity index (χ2v) is 5.81. The summed E-state index contributed by atoms with van der Waals surface area (Å²) in [6, 6.07) is 1.14. The molecule has 1 atom stereocenters. The van der Waals surface area contributed by atoms with Gasteiger partial charge in [-0.15, -0.1) is 0 Å². The molecule has 22 heavy (non-hydrogen) atoms. The Labute approximate surface area is 125 Å². The Hall–Kier alpha value is -1.86. The summed E-state index contributed by atoms with van der Waals surface area (Å²) in [6.45, 7) is 0.925. The van der Waals surface area contributed by atoms with Crippen molar-refractivity contribution in [3.63, 3.8) is 0 Å². The molecule has 1 saturated heterocycles. The maximum absolute atomic E-state index is 12.7. The highest BCUT2D eigenvalue weighted by molar-refractivity contribution is 5.80. The Bertz CT molecular complexity index is 559. The Morgan fingerprint density at radius 3 is 2.77 bits per heavy atom. The van der Waals surface area contributed by atoms with Gasteiger partial charge in [-0.25, -0.2) is 9.97 Å². The summed E-state index contributed by atoms with van der Waals surface area (Å²) in [4.78, 5) is 21.3. The topological polar surface area (TPSA) is 58.1 Å². The number of nitrogens with zero attached hydrogens (tertiary/aromatic N) is 3. The lowest BCUT2D eigenvalue weighted by molar-refractivity contribution is -0.141. The Morgan fingerprint density at radius 1 is 1.32 bits per heavy atom. The van der Waals surface area contributed by atoms with Crippen molar-refractivity contribution in [1.82, 2.24) is 15.3 Å². The van der Waals surface area contributed by atoms with Crippen molar-refractivity contribution in [2.75, 3.05) is 18.0 Å². The average Bonchev–Trinajstić information content (AvgIpc) is 3.31. The third-order valence-electron chi connectivity index (χ3n) is 3.93. The van der Waals surface area contributed by atoms with E-state index in [1.165, 1.54) is 0 Å². The van der Waals surface area contributed by atoms with Gasteiger partial charge in [-0.1, -0.05) is 0 Å². The number of amides is 1. The molecule has 1 saturated carbocycles. The first-order chi connectivity index (χ1) is 10.4. The number of hydrogen-bond acceptors (Lipinski definition) is 4. The first kappa shape index (κ1) is 15.1. The Morgan fingerprint density at radius 2 is 2.09 bits per heavy atom. The smallest absolute Gasteiger partial charge is 0.353 e. The van der Waals surface area contributed by atoms with Crippen molar-refractivity contribution in [2.24, 2.45) is 5.92 Å². The zero-order chi connectivity index (χ0) is 15.7. The standard InChI is InChI=1S/C14H17F3N4O/c15-14(16,17)11-5-6-18-13(20-11)21-7-1-2-9(8-21)12(22)19-10-3-4-10/h5-6,9-10H,1-4,7-8H2,(H,19,22). The van der Waals surface area contributed by atoms with Gasteiger partial charge in [0.1, 0.15) is 5.69 Å². The number of piperidine rings is 1. The van der Waals surface area contributed by atoms with Crippen LogP contribution in [0.4, 0.5) is 19.1 Å². The van der Waals surface area contributed by atoms with Gasteiger partial charge in [-0.05, 0) is 31.7 Å². The van der Waals surface area contributed by atoms with E-state index in [0.717, 1.165) is 37.9 Å². The summed E-state index contributed by atoms with van der Waals surface area (Å²) >= 11 is 0. The molecule has 0 bridgehead atoms. The van der Waals surface area contributed by atoms with E-state index in [4.69, 9.17) is 0 Å². The first-order valence-electron chi connectivity index (χ1n) is 7.39. The second-order valence-electron chi connectivity index (χ2n) is 5.81. The van der Waals surface area contributed by atoms with Crippen LogP contribution in [-0.4, -0.2) is 35.0 Å². The van der Waals surface area contributed by atoms with Crippen LogP contribution in [0.5, 0.6) is 0 Å². The van der Waals surface area contributed by atoms with Crippen molar-refractivity contribution in [2.45, 2.75) is 37.9 Å². The van der Waals surface area contributed by atoms with Gasteiger partial charge >= 0.3 is 6.18 Å². The van der Waals surface area contributed by atoms with Crippen LogP contribution < -0.4 is 10.2 Å². The van der Waals surface area contributed by atoms with Crippen molar-refractivity contribution in [1.29, 1.82) is 0 Å². The van der Waals surface area contributed by atoms with Gasteiger partial charge in [0.15, 0.2) is 0 Å². The van der Waals surface area contributed by atoms with E-state index >= 15 is 0 Å². The highest BCUT2D eigenvalue weighted by Crippen LogP contribution is 2.29. The molecular weight excluding hydrogens is 297 g/mol. The SMILES string of the molecule is O=C(NC1CC1)C1CCCN(c2nccc(C(F)(F)F)n2)C1. The maximum Gasteiger partial charge on any atom is 0.433 e. The van der Waals surface area contributed by atoms with Crippen LogP contribution in [0.1, 0.15) is 31.4 Å². The van der Waals surface area contributed by atoms with Gasteiger partial charge < -0.3 is 10.2 Å². The van der Waals surface area contributed by atoms with Crippen LogP contribution in [0.25, 0.3) is 0 Å². The van der Waals surface area contributed by atoms with Crippen molar-refractivity contribution in [3.8, 4) is 0 Å². The van der Waals surface area contributed by atoms with Gasteiger partial charge in [-0.2, -0.15) is 13.2 Å².